The molecule has 1 aromatic rings. The topological polar surface area (TPSA) is 58.6 Å². The van der Waals surface area contributed by atoms with Crippen molar-refractivity contribution in [1.82, 2.24) is 4.90 Å². The first-order chi connectivity index (χ1) is 11.6. The van der Waals surface area contributed by atoms with Crippen LogP contribution in [0.3, 0.4) is 0 Å². The number of benzene rings is 1. The predicted octanol–water partition coefficient (Wildman–Crippen LogP) is 3.31. The maximum Gasteiger partial charge on any atom is 0.337 e. The van der Waals surface area contributed by atoms with Crippen molar-refractivity contribution in [3.63, 3.8) is 0 Å². The Kier molecular flexibility index (Phi) is 7.25. The lowest BCUT2D eigenvalue weighted by molar-refractivity contribution is -0.117. The predicted molar refractivity (Wildman–Crippen MR) is 95.1 cm³/mol. The molecule has 24 heavy (non-hydrogen) atoms. The molecule has 1 atom stereocenters. The Morgan fingerprint density at radius 1 is 1.29 bits per heavy atom. The zero-order valence-corrected chi connectivity index (χ0v) is 14.7. The highest BCUT2D eigenvalue weighted by Crippen LogP contribution is 2.21. The van der Waals surface area contributed by atoms with Gasteiger partial charge in [0.1, 0.15) is 0 Å². The molecular weight excluding hydrogens is 304 g/mol. The summed E-state index contributed by atoms with van der Waals surface area (Å²) in [5.41, 5.74) is 1.06. The van der Waals surface area contributed by atoms with Gasteiger partial charge in [-0.15, -0.1) is 0 Å². The molecule has 2 rings (SSSR count). The minimum atomic E-state index is -0.402. The summed E-state index contributed by atoms with van der Waals surface area (Å²) in [5, 5.41) is 2.88. The number of amides is 1. The zero-order valence-electron chi connectivity index (χ0n) is 14.7. The summed E-state index contributed by atoms with van der Waals surface area (Å²) in [6.45, 7) is 4.61. The number of methoxy groups -OCH3 is 1. The van der Waals surface area contributed by atoms with Crippen LogP contribution < -0.4 is 5.32 Å². The molecule has 0 radical (unpaired) electrons. The van der Waals surface area contributed by atoms with E-state index < -0.39 is 5.97 Å². The molecule has 0 bridgehead atoms. The Balaban J connectivity index is 1.86. The average molecular weight is 332 g/mol. The van der Waals surface area contributed by atoms with Crippen molar-refractivity contribution in [2.45, 2.75) is 39.0 Å². The van der Waals surface area contributed by atoms with E-state index in [9.17, 15) is 9.59 Å². The molecule has 5 heteroatoms. The van der Waals surface area contributed by atoms with Gasteiger partial charge in [0.15, 0.2) is 0 Å². The molecule has 0 spiro atoms. The normalized spacial score (nSPS) is 18.7. The Bertz CT molecular complexity index is 559. The number of nitrogens with one attached hydrogen (secondary N) is 1. The molecule has 1 saturated heterocycles. The van der Waals surface area contributed by atoms with Gasteiger partial charge in [-0.1, -0.05) is 25.8 Å². The molecule has 1 unspecified atom stereocenters. The van der Waals surface area contributed by atoms with Crippen LogP contribution >= 0.6 is 0 Å². The van der Waals surface area contributed by atoms with E-state index in [1.54, 1.807) is 24.3 Å². The van der Waals surface area contributed by atoms with Crippen molar-refractivity contribution in [2.75, 3.05) is 32.1 Å². The summed E-state index contributed by atoms with van der Waals surface area (Å²) in [7, 11) is 1.35. The molecule has 0 saturated carbocycles. The fourth-order valence-electron chi connectivity index (χ4n) is 3.33. The smallest absolute Gasteiger partial charge is 0.337 e. The van der Waals surface area contributed by atoms with E-state index in [1.807, 2.05) is 0 Å². The third-order valence-corrected chi connectivity index (χ3v) is 4.57. The fourth-order valence-corrected chi connectivity index (χ4v) is 3.33. The summed E-state index contributed by atoms with van der Waals surface area (Å²) in [5.74, 6) is 0.367. The average Bonchev–Trinajstić information content (AvgIpc) is 2.80. The van der Waals surface area contributed by atoms with Gasteiger partial charge in [-0.2, -0.15) is 0 Å². The van der Waals surface area contributed by atoms with Crippen LogP contribution in [0.1, 0.15) is 49.4 Å². The summed E-state index contributed by atoms with van der Waals surface area (Å²) in [4.78, 5) is 26.1. The fraction of sp³-hybridized carbons (Fsp3) is 0.579. The molecule has 132 valence electrons. The second kappa shape index (κ2) is 9.42. The van der Waals surface area contributed by atoms with Gasteiger partial charge in [0.25, 0.3) is 0 Å². The van der Waals surface area contributed by atoms with Crippen LogP contribution in [-0.2, 0) is 9.53 Å². The van der Waals surface area contributed by atoms with Gasteiger partial charge in [-0.05, 0) is 56.5 Å². The summed E-state index contributed by atoms with van der Waals surface area (Å²) in [6.07, 6.45) is 6.14. The summed E-state index contributed by atoms with van der Waals surface area (Å²) in [6, 6.07) is 6.83. The van der Waals surface area contributed by atoms with Crippen molar-refractivity contribution < 1.29 is 14.3 Å². The monoisotopic (exact) mass is 332 g/mol. The van der Waals surface area contributed by atoms with E-state index in [1.165, 1.54) is 32.8 Å². The van der Waals surface area contributed by atoms with Crippen LogP contribution in [0.2, 0.25) is 0 Å². The molecule has 0 aromatic heterocycles. The van der Waals surface area contributed by atoms with Crippen LogP contribution in [0.5, 0.6) is 0 Å². The highest BCUT2D eigenvalue weighted by Gasteiger charge is 2.18. The molecule has 1 fully saturated rings. The number of rotatable bonds is 6. The molecule has 1 N–H and O–H groups in total. The molecule has 1 amide bonds. The number of anilines is 1. The lowest BCUT2D eigenvalue weighted by Gasteiger charge is -2.19. The molecular formula is C19H28N2O3. The van der Waals surface area contributed by atoms with Crippen molar-refractivity contribution in [2.24, 2.45) is 5.92 Å². The Labute approximate surface area is 144 Å². The quantitative estimate of drug-likeness (QED) is 0.812. The first kappa shape index (κ1) is 18.5. The number of hydrogen-bond acceptors (Lipinski definition) is 4. The van der Waals surface area contributed by atoms with Crippen molar-refractivity contribution in [3.8, 4) is 0 Å². The Morgan fingerprint density at radius 3 is 2.88 bits per heavy atom. The van der Waals surface area contributed by atoms with Crippen molar-refractivity contribution >= 4 is 17.6 Å². The number of nitrogens with zero attached hydrogens (tertiary/aromatic N) is 1. The third kappa shape index (κ3) is 5.64. The van der Waals surface area contributed by atoms with Gasteiger partial charge in [0.05, 0.1) is 19.2 Å². The second-order valence-corrected chi connectivity index (χ2v) is 6.48. The van der Waals surface area contributed by atoms with E-state index in [2.05, 4.69) is 17.1 Å². The molecule has 5 nitrogen and oxygen atoms in total. The van der Waals surface area contributed by atoms with E-state index in [4.69, 9.17) is 4.74 Å². The van der Waals surface area contributed by atoms with E-state index in [0.29, 0.717) is 17.8 Å². The Morgan fingerprint density at radius 2 is 2.12 bits per heavy atom. The maximum absolute atomic E-state index is 12.3. The van der Waals surface area contributed by atoms with Gasteiger partial charge in [0, 0.05) is 5.69 Å². The van der Waals surface area contributed by atoms with E-state index >= 15 is 0 Å². The summed E-state index contributed by atoms with van der Waals surface area (Å²) >= 11 is 0. The van der Waals surface area contributed by atoms with E-state index in [0.717, 1.165) is 25.4 Å². The van der Waals surface area contributed by atoms with Gasteiger partial charge in [-0.3, -0.25) is 9.69 Å². The maximum atomic E-state index is 12.3. The van der Waals surface area contributed by atoms with Gasteiger partial charge in [0.2, 0.25) is 5.91 Å². The number of hydrogen-bond donors (Lipinski definition) is 1. The molecule has 1 aliphatic heterocycles. The number of ether oxygens (including phenoxy) is 1. The van der Waals surface area contributed by atoms with Crippen molar-refractivity contribution in [1.29, 1.82) is 0 Å². The lowest BCUT2D eigenvalue weighted by Crippen LogP contribution is -2.34. The number of carbonyl (C=O) groups is 2. The van der Waals surface area contributed by atoms with Gasteiger partial charge < -0.3 is 10.1 Å². The largest absolute Gasteiger partial charge is 0.465 e. The van der Waals surface area contributed by atoms with Gasteiger partial charge >= 0.3 is 5.97 Å². The zero-order chi connectivity index (χ0) is 17.4. The van der Waals surface area contributed by atoms with E-state index in [-0.39, 0.29) is 5.91 Å². The molecule has 1 aromatic carbocycles. The standard InChI is InChI=1S/C19H28N2O3/c1-3-6-15-7-5-11-21(12-10-15)14-18(22)20-17-9-4-8-16(13-17)19(23)24-2/h4,8-9,13,15H,3,5-7,10-12,14H2,1-2H3,(H,20,22). The van der Waals surface area contributed by atoms with Gasteiger partial charge in [-0.25, -0.2) is 4.79 Å². The lowest BCUT2D eigenvalue weighted by atomic mass is 9.96. The van der Waals surface area contributed by atoms with Crippen molar-refractivity contribution in [3.05, 3.63) is 29.8 Å². The highest BCUT2D eigenvalue weighted by atomic mass is 16.5. The number of likely N-dealkylation sites (tertiary alicyclic amines) is 1. The van der Waals surface area contributed by atoms with Crippen LogP contribution in [0.4, 0.5) is 5.69 Å². The highest BCUT2D eigenvalue weighted by molar-refractivity contribution is 5.95. The Hall–Kier alpha value is -1.88. The second-order valence-electron chi connectivity index (χ2n) is 6.48. The number of carbonyl (C=O) groups excluding carboxylic acids is 2. The minimum absolute atomic E-state index is 0.0362. The van der Waals surface area contributed by atoms with Crippen LogP contribution in [0.25, 0.3) is 0 Å². The first-order valence-corrected chi connectivity index (χ1v) is 8.83. The molecule has 0 aliphatic carbocycles. The van der Waals surface area contributed by atoms with Crippen LogP contribution in [0.15, 0.2) is 24.3 Å². The minimum Gasteiger partial charge on any atom is -0.465 e. The third-order valence-electron chi connectivity index (χ3n) is 4.57. The van der Waals surface area contributed by atoms with Crippen LogP contribution in [0, 0.1) is 5.92 Å². The SMILES string of the molecule is CCCC1CCCN(CC(=O)Nc2cccc(C(=O)OC)c2)CC1. The first-order valence-electron chi connectivity index (χ1n) is 8.83. The summed E-state index contributed by atoms with van der Waals surface area (Å²) < 4.78 is 4.70. The molecule has 1 aliphatic rings. The van der Waals surface area contributed by atoms with Crippen LogP contribution in [-0.4, -0.2) is 43.5 Å². The molecule has 1 heterocycles. The number of esters is 1.